The number of pyridine rings is 1. The molecule has 0 spiro atoms. The molecule has 3 N–H and O–H groups in total. The number of rotatable bonds is 5. The van der Waals surface area contributed by atoms with Gasteiger partial charge in [-0.05, 0) is 25.0 Å². The van der Waals surface area contributed by atoms with E-state index in [9.17, 15) is 0 Å². The molecule has 0 fully saturated rings. The molecule has 0 atom stereocenters. The lowest BCUT2D eigenvalue weighted by atomic mass is 9.92. The summed E-state index contributed by atoms with van der Waals surface area (Å²) in [7, 11) is 0. The van der Waals surface area contributed by atoms with Crippen molar-refractivity contribution in [3.8, 4) is 6.07 Å². The van der Waals surface area contributed by atoms with Crippen LogP contribution < -0.4 is 11.1 Å². The van der Waals surface area contributed by atoms with E-state index in [2.05, 4.69) is 24.1 Å². The van der Waals surface area contributed by atoms with E-state index < -0.39 is 0 Å². The summed E-state index contributed by atoms with van der Waals surface area (Å²) in [4.78, 5) is 4.02. The monoisotopic (exact) mass is 218 g/mol. The van der Waals surface area contributed by atoms with Gasteiger partial charge in [0.05, 0.1) is 11.9 Å². The molecule has 0 amide bonds. The summed E-state index contributed by atoms with van der Waals surface area (Å²) in [5, 5.41) is 12.0. The minimum Gasteiger partial charge on any atom is -0.377 e. The largest absolute Gasteiger partial charge is 0.377 e. The molecule has 0 aliphatic rings. The SMILES string of the molecule is CCC(CC)(CN)Nc1ccc(C#N)nc1. The molecule has 0 bridgehead atoms. The van der Waals surface area contributed by atoms with Gasteiger partial charge in [0, 0.05) is 12.1 Å². The van der Waals surface area contributed by atoms with Crippen molar-refractivity contribution in [2.24, 2.45) is 5.73 Å². The minimum absolute atomic E-state index is 0.0736. The van der Waals surface area contributed by atoms with Gasteiger partial charge in [-0.1, -0.05) is 13.8 Å². The lowest BCUT2D eigenvalue weighted by molar-refractivity contribution is 0.445. The van der Waals surface area contributed by atoms with Gasteiger partial charge in [-0.25, -0.2) is 4.98 Å². The van der Waals surface area contributed by atoms with E-state index in [1.807, 2.05) is 12.1 Å². The fourth-order valence-electron chi connectivity index (χ4n) is 1.61. The molecule has 4 heteroatoms. The van der Waals surface area contributed by atoms with Crippen LogP contribution in [0.2, 0.25) is 0 Å². The van der Waals surface area contributed by atoms with Crippen molar-refractivity contribution in [3.05, 3.63) is 24.0 Å². The lowest BCUT2D eigenvalue weighted by Crippen LogP contribution is -2.44. The number of nitrogens with two attached hydrogens (primary N) is 1. The first kappa shape index (κ1) is 12.5. The average Bonchev–Trinajstić information content (AvgIpc) is 2.37. The zero-order valence-corrected chi connectivity index (χ0v) is 9.83. The first-order valence-electron chi connectivity index (χ1n) is 5.54. The number of hydrogen-bond donors (Lipinski definition) is 2. The molecular formula is C12H18N4. The molecule has 0 unspecified atom stereocenters. The summed E-state index contributed by atoms with van der Waals surface area (Å²) in [5.41, 5.74) is 7.06. The second-order valence-electron chi connectivity index (χ2n) is 3.86. The molecule has 86 valence electrons. The van der Waals surface area contributed by atoms with Crippen LogP contribution in [0.5, 0.6) is 0 Å². The molecule has 1 aromatic rings. The van der Waals surface area contributed by atoms with E-state index >= 15 is 0 Å². The molecule has 0 aromatic carbocycles. The minimum atomic E-state index is -0.0736. The number of nitrogens with zero attached hydrogens (tertiary/aromatic N) is 2. The summed E-state index contributed by atoms with van der Waals surface area (Å²) in [6.07, 6.45) is 3.59. The van der Waals surface area contributed by atoms with Crippen LogP contribution in [0.1, 0.15) is 32.4 Å². The summed E-state index contributed by atoms with van der Waals surface area (Å²) < 4.78 is 0. The third-order valence-electron chi connectivity index (χ3n) is 3.03. The second kappa shape index (κ2) is 5.47. The van der Waals surface area contributed by atoms with Gasteiger partial charge in [-0.3, -0.25) is 0 Å². The zero-order chi connectivity index (χ0) is 12.0. The maximum atomic E-state index is 8.65. The summed E-state index contributed by atoms with van der Waals surface area (Å²) in [6, 6.07) is 5.56. The molecule has 0 saturated heterocycles. The Bertz CT molecular complexity index is 351. The molecule has 1 aromatic heterocycles. The third-order valence-corrected chi connectivity index (χ3v) is 3.03. The van der Waals surface area contributed by atoms with Crippen molar-refractivity contribution < 1.29 is 0 Å². The number of hydrogen-bond acceptors (Lipinski definition) is 4. The van der Waals surface area contributed by atoms with Crippen LogP contribution in [0.15, 0.2) is 18.3 Å². The molecule has 0 radical (unpaired) electrons. The second-order valence-corrected chi connectivity index (χ2v) is 3.86. The predicted molar refractivity (Wildman–Crippen MR) is 64.9 cm³/mol. The molecule has 16 heavy (non-hydrogen) atoms. The highest BCUT2D eigenvalue weighted by atomic mass is 15.0. The Hall–Kier alpha value is -1.60. The quantitative estimate of drug-likeness (QED) is 0.791. The Morgan fingerprint density at radius 3 is 2.50 bits per heavy atom. The fraction of sp³-hybridized carbons (Fsp3) is 0.500. The predicted octanol–water partition coefficient (Wildman–Crippen LogP) is 1.88. The summed E-state index contributed by atoms with van der Waals surface area (Å²) >= 11 is 0. The Morgan fingerprint density at radius 2 is 2.12 bits per heavy atom. The Labute approximate surface area is 96.5 Å². The smallest absolute Gasteiger partial charge is 0.140 e. The van der Waals surface area contributed by atoms with Crippen LogP contribution in [-0.2, 0) is 0 Å². The molecule has 0 aliphatic heterocycles. The standard InChI is InChI=1S/C12H18N4/c1-3-12(4-2,9-14)16-11-6-5-10(7-13)15-8-11/h5-6,8,16H,3-4,9,14H2,1-2H3. The van der Waals surface area contributed by atoms with Gasteiger partial charge >= 0.3 is 0 Å². The average molecular weight is 218 g/mol. The van der Waals surface area contributed by atoms with Crippen molar-refractivity contribution in [2.45, 2.75) is 32.2 Å². The molecule has 0 aliphatic carbocycles. The van der Waals surface area contributed by atoms with Crippen molar-refractivity contribution in [2.75, 3.05) is 11.9 Å². The number of anilines is 1. The van der Waals surface area contributed by atoms with E-state index in [1.165, 1.54) is 0 Å². The maximum Gasteiger partial charge on any atom is 0.140 e. The van der Waals surface area contributed by atoms with Crippen LogP contribution in [0.25, 0.3) is 0 Å². The van der Waals surface area contributed by atoms with Gasteiger partial charge in [0.2, 0.25) is 0 Å². The Morgan fingerprint density at radius 1 is 1.44 bits per heavy atom. The van der Waals surface area contributed by atoms with E-state index in [0.29, 0.717) is 12.2 Å². The highest BCUT2D eigenvalue weighted by Crippen LogP contribution is 2.20. The van der Waals surface area contributed by atoms with Gasteiger partial charge in [0.15, 0.2) is 0 Å². The molecular weight excluding hydrogens is 200 g/mol. The molecule has 4 nitrogen and oxygen atoms in total. The third kappa shape index (κ3) is 2.71. The van der Waals surface area contributed by atoms with E-state index in [1.54, 1.807) is 12.3 Å². The Balaban J connectivity index is 2.82. The van der Waals surface area contributed by atoms with Gasteiger partial charge < -0.3 is 11.1 Å². The van der Waals surface area contributed by atoms with E-state index in [0.717, 1.165) is 18.5 Å². The van der Waals surface area contributed by atoms with Crippen LogP contribution in [0, 0.1) is 11.3 Å². The van der Waals surface area contributed by atoms with Crippen LogP contribution in [0.3, 0.4) is 0 Å². The van der Waals surface area contributed by atoms with E-state index in [-0.39, 0.29) is 5.54 Å². The van der Waals surface area contributed by atoms with Crippen LogP contribution in [-0.4, -0.2) is 17.1 Å². The van der Waals surface area contributed by atoms with Crippen LogP contribution >= 0.6 is 0 Å². The van der Waals surface area contributed by atoms with Crippen molar-refractivity contribution in [1.29, 1.82) is 5.26 Å². The normalized spacial score (nSPS) is 10.9. The highest BCUT2D eigenvalue weighted by molar-refractivity contribution is 5.45. The summed E-state index contributed by atoms with van der Waals surface area (Å²) in [6.45, 7) is 4.81. The van der Waals surface area contributed by atoms with Crippen molar-refractivity contribution in [3.63, 3.8) is 0 Å². The van der Waals surface area contributed by atoms with Gasteiger partial charge in [-0.2, -0.15) is 5.26 Å². The van der Waals surface area contributed by atoms with Gasteiger partial charge in [0.25, 0.3) is 0 Å². The Kier molecular flexibility index (Phi) is 4.27. The summed E-state index contributed by atoms with van der Waals surface area (Å²) in [5.74, 6) is 0. The highest BCUT2D eigenvalue weighted by Gasteiger charge is 2.23. The van der Waals surface area contributed by atoms with Crippen molar-refractivity contribution >= 4 is 5.69 Å². The fourth-order valence-corrected chi connectivity index (χ4v) is 1.61. The molecule has 0 saturated carbocycles. The van der Waals surface area contributed by atoms with Crippen LogP contribution in [0.4, 0.5) is 5.69 Å². The topological polar surface area (TPSA) is 74.7 Å². The lowest BCUT2D eigenvalue weighted by Gasteiger charge is -2.32. The number of aromatic nitrogens is 1. The van der Waals surface area contributed by atoms with Gasteiger partial charge in [0.1, 0.15) is 11.8 Å². The molecule has 1 heterocycles. The number of nitrogens with one attached hydrogen (secondary N) is 1. The first-order valence-corrected chi connectivity index (χ1v) is 5.54. The zero-order valence-electron chi connectivity index (χ0n) is 9.83. The van der Waals surface area contributed by atoms with Crippen molar-refractivity contribution in [1.82, 2.24) is 4.98 Å². The first-order chi connectivity index (χ1) is 7.69. The number of nitriles is 1. The molecule has 1 rings (SSSR count). The maximum absolute atomic E-state index is 8.65. The van der Waals surface area contributed by atoms with Gasteiger partial charge in [-0.15, -0.1) is 0 Å². The van der Waals surface area contributed by atoms with E-state index in [4.69, 9.17) is 11.0 Å².